The maximum absolute atomic E-state index is 14.2. The van der Waals surface area contributed by atoms with Gasteiger partial charge in [0, 0.05) is 11.6 Å². The van der Waals surface area contributed by atoms with Gasteiger partial charge >= 0.3 is 0 Å². The largest absolute Gasteiger partial charge is 0.493 e. The van der Waals surface area contributed by atoms with Gasteiger partial charge in [-0.3, -0.25) is 0 Å². The van der Waals surface area contributed by atoms with Crippen LogP contribution < -0.4 is 14.2 Å². The van der Waals surface area contributed by atoms with E-state index in [4.69, 9.17) is 14.2 Å². The van der Waals surface area contributed by atoms with Gasteiger partial charge in [-0.25, -0.2) is 4.39 Å². The molecule has 1 fully saturated rings. The van der Waals surface area contributed by atoms with Gasteiger partial charge < -0.3 is 14.2 Å². The fourth-order valence-electron chi connectivity index (χ4n) is 2.29. The molecule has 0 saturated heterocycles. The first-order valence-electron chi connectivity index (χ1n) is 8.87. The van der Waals surface area contributed by atoms with Crippen LogP contribution in [0.5, 0.6) is 17.2 Å². The van der Waals surface area contributed by atoms with Crippen molar-refractivity contribution in [3.8, 4) is 17.2 Å². The molecule has 1 aliphatic carbocycles. The van der Waals surface area contributed by atoms with Gasteiger partial charge in [-0.05, 0) is 61.1 Å². The smallest absolute Gasteiger partial charge is 0.133 e. The topological polar surface area (TPSA) is 27.7 Å². The van der Waals surface area contributed by atoms with Gasteiger partial charge in [0.25, 0.3) is 0 Å². The Morgan fingerprint density at radius 3 is 2.16 bits per heavy atom. The van der Waals surface area contributed by atoms with Crippen LogP contribution in [0.2, 0.25) is 0 Å². The molecule has 0 atom stereocenters. The predicted molar refractivity (Wildman–Crippen MR) is 95.7 cm³/mol. The highest BCUT2D eigenvalue weighted by Gasteiger charge is 2.22. The number of benzene rings is 2. The molecule has 3 rings (SSSR count). The molecular weight excluding hydrogens is 319 g/mol. The lowest BCUT2D eigenvalue weighted by molar-refractivity contribution is 0.269. The van der Waals surface area contributed by atoms with Crippen molar-refractivity contribution in [3.05, 3.63) is 53.8 Å². The number of hydrogen-bond donors (Lipinski definition) is 0. The Balaban J connectivity index is 1.50. The van der Waals surface area contributed by atoms with Crippen molar-refractivity contribution in [2.24, 2.45) is 11.8 Å². The Hall–Kier alpha value is -2.23. The van der Waals surface area contributed by atoms with E-state index in [2.05, 4.69) is 13.8 Å². The third-order valence-electron chi connectivity index (χ3n) is 4.01. The van der Waals surface area contributed by atoms with E-state index >= 15 is 0 Å². The van der Waals surface area contributed by atoms with Crippen molar-refractivity contribution >= 4 is 0 Å². The molecule has 0 aliphatic heterocycles. The first-order valence-corrected chi connectivity index (χ1v) is 8.87. The minimum atomic E-state index is -0.301. The summed E-state index contributed by atoms with van der Waals surface area (Å²) in [5.74, 6) is 2.91. The minimum absolute atomic E-state index is 0.181. The van der Waals surface area contributed by atoms with E-state index in [1.54, 1.807) is 12.1 Å². The summed E-state index contributed by atoms with van der Waals surface area (Å²) in [5, 5.41) is 0. The van der Waals surface area contributed by atoms with E-state index in [9.17, 15) is 4.39 Å². The van der Waals surface area contributed by atoms with E-state index in [0.717, 1.165) is 5.75 Å². The molecule has 2 aromatic carbocycles. The fraction of sp³-hybridized carbons (Fsp3) is 0.429. The molecule has 1 aliphatic rings. The van der Waals surface area contributed by atoms with Gasteiger partial charge in [0.15, 0.2) is 0 Å². The summed E-state index contributed by atoms with van der Waals surface area (Å²) in [6.07, 6.45) is 2.44. The highest BCUT2D eigenvalue weighted by molar-refractivity contribution is 5.32. The second kappa shape index (κ2) is 8.24. The molecule has 4 heteroatoms. The van der Waals surface area contributed by atoms with Crippen LogP contribution in [0.3, 0.4) is 0 Å². The predicted octanol–water partition coefficient (Wildman–Crippen LogP) is 5.23. The zero-order valence-electron chi connectivity index (χ0n) is 14.8. The van der Waals surface area contributed by atoms with Crippen molar-refractivity contribution in [1.29, 1.82) is 0 Å². The van der Waals surface area contributed by atoms with E-state index in [1.807, 2.05) is 24.3 Å². The number of rotatable bonds is 9. The fourth-order valence-corrected chi connectivity index (χ4v) is 2.29. The van der Waals surface area contributed by atoms with Crippen LogP contribution in [0.1, 0.15) is 32.3 Å². The second-order valence-corrected chi connectivity index (χ2v) is 6.97. The molecule has 3 nitrogen and oxygen atoms in total. The third kappa shape index (κ3) is 5.66. The van der Waals surface area contributed by atoms with Crippen LogP contribution in [-0.2, 0) is 6.61 Å². The molecular formula is C21H25FO3. The molecule has 0 bridgehead atoms. The zero-order valence-corrected chi connectivity index (χ0v) is 14.8. The molecule has 0 unspecified atom stereocenters. The van der Waals surface area contributed by atoms with Crippen molar-refractivity contribution < 1.29 is 18.6 Å². The van der Waals surface area contributed by atoms with Gasteiger partial charge in [0.05, 0.1) is 13.2 Å². The van der Waals surface area contributed by atoms with Crippen LogP contribution in [0.25, 0.3) is 0 Å². The third-order valence-corrected chi connectivity index (χ3v) is 4.01. The lowest BCUT2D eigenvalue weighted by Crippen LogP contribution is -2.04. The average molecular weight is 344 g/mol. The standard InChI is InChI=1S/C21H25FO3/c1-15(2)12-23-18-7-9-19(10-8-18)25-14-17-5-6-20(11-21(17)22)24-13-16-3-4-16/h5-11,15-16H,3-4,12-14H2,1-2H3. The summed E-state index contributed by atoms with van der Waals surface area (Å²) in [4.78, 5) is 0. The lowest BCUT2D eigenvalue weighted by atomic mass is 10.2. The summed E-state index contributed by atoms with van der Waals surface area (Å²) in [6.45, 7) is 5.75. The highest BCUT2D eigenvalue weighted by atomic mass is 19.1. The molecule has 2 aromatic rings. The minimum Gasteiger partial charge on any atom is -0.493 e. The van der Waals surface area contributed by atoms with Crippen LogP contribution in [-0.4, -0.2) is 13.2 Å². The monoisotopic (exact) mass is 344 g/mol. The summed E-state index contributed by atoms with van der Waals surface area (Å²) in [5.41, 5.74) is 0.513. The van der Waals surface area contributed by atoms with Gasteiger partial charge in [0.2, 0.25) is 0 Å². The van der Waals surface area contributed by atoms with Crippen LogP contribution in [0, 0.1) is 17.7 Å². The van der Waals surface area contributed by atoms with Gasteiger partial charge in [0.1, 0.15) is 29.7 Å². The average Bonchev–Trinajstić information content (AvgIpc) is 3.42. The van der Waals surface area contributed by atoms with Crippen molar-refractivity contribution in [2.45, 2.75) is 33.3 Å². The Labute approximate surface area is 148 Å². The van der Waals surface area contributed by atoms with Crippen molar-refractivity contribution in [3.63, 3.8) is 0 Å². The van der Waals surface area contributed by atoms with Crippen molar-refractivity contribution in [1.82, 2.24) is 0 Å². The SMILES string of the molecule is CC(C)COc1ccc(OCc2ccc(OCC3CC3)cc2F)cc1. The molecule has 25 heavy (non-hydrogen) atoms. The summed E-state index contributed by atoms with van der Waals surface area (Å²) in [6, 6.07) is 12.3. The van der Waals surface area contributed by atoms with Gasteiger partial charge in [-0.15, -0.1) is 0 Å². The normalized spacial score (nSPS) is 13.8. The Morgan fingerprint density at radius 1 is 0.920 bits per heavy atom. The maximum Gasteiger partial charge on any atom is 0.133 e. The molecule has 0 amide bonds. The van der Waals surface area contributed by atoms with E-state index in [-0.39, 0.29) is 12.4 Å². The molecule has 134 valence electrons. The molecule has 0 aromatic heterocycles. The highest BCUT2D eigenvalue weighted by Crippen LogP contribution is 2.30. The summed E-state index contributed by atoms with van der Waals surface area (Å²) in [7, 11) is 0. The van der Waals surface area contributed by atoms with Crippen LogP contribution in [0.4, 0.5) is 4.39 Å². The summed E-state index contributed by atoms with van der Waals surface area (Å²) < 4.78 is 31.0. The quantitative estimate of drug-likeness (QED) is 0.623. The van der Waals surface area contributed by atoms with Gasteiger partial charge in [-0.2, -0.15) is 0 Å². The Morgan fingerprint density at radius 2 is 1.56 bits per heavy atom. The zero-order chi connectivity index (χ0) is 17.6. The first-order chi connectivity index (χ1) is 12.1. The second-order valence-electron chi connectivity index (χ2n) is 6.97. The molecule has 0 heterocycles. The summed E-state index contributed by atoms with van der Waals surface area (Å²) >= 11 is 0. The number of ether oxygens (including phenoxy) is 3. The van der Waals surface area contributed by atoms with E-state index in [0.29, 0.717) is 42.1 Å². The van der Waals surface area contributed by atoms with E-state index < -0.39 is 0 Å². The number of halogens is 1. The van der Waals surface area contributed by atoms with Crippen LogP contribution in [0.15, 0.2) is 42.5 Å². The maximum atomic E-state index is 14.2. The molecule has 0 spiro atoms. The molecule has 0 radical (unpaired) electrons. The Bertz CT molecular complexity index is 678. The van der Waals surface area contributed by atoms with Gasteiger partial charge in [-0.1, -0.05) is 13.8 Å². The lowest BCUT2D eigenvalue weighted by Gasteiger charge is -2.11. The van der Waals surface area contributed by atoms with Crippen molar-refractivity contribution in [2.75, 3.05) is 13.2 Å². The van der Waals surface area contributed by atoms with Crippen LogP contribution >= 0.6 is 0 Å². The van der Waals surface area contributed by atoms with E-state index in [1.165, 1.54) is 18.9 Å². The number of hydrogen-bond acceptors (Lipinski definition) is 3. The molecule has 0 N–H and O–H groups in total. The molecule has 1 saturated carbocycles. The first kappa shape index (κ1) is 17.6. The Kier molecular flexibility index (Phi) is 5.79.